The summed E-state index contributed by atoms with van der Waals surface area (Å²) in [6.45, 7) is 4.69. The first-order valence-corrected chi connectivity index (χ1v) is 6.19. The van der Waals surface area contributed by atoms with Gasteiger partial charge in [-0.1, -0.05) is 5.16 Å². The van der Waals surface area contributed by atoms with Gasteiger partial charge in [0.25, 0.3) is 0 Å². The number of hydrogen-bond donors (Lipinski definition) is 3. The van der Waals surface area contributed by atoms with Gasteiger partial charge >= 0.3 is 0 Å². The molecule has 0 amide bonds. The van der Waals surface area contributed by atoms with Crippen LogP contribution in [0.4, 0.5) is 0 Å². The molecule has 6 heteroatoms. The minimum absolute atomic E-state index is 0.304. The first-order valence-electron chi connectivity index (χ1n) is 6.19. The molecule has 6 nitrogen and oxygen atoms in total. The highest BCUT2D eigenvalue weighted by Crippen LogP contribution is 2.01. The molecule has 1 heterocycles. The Balaban J connectivity index is 1.93. The van der Waals surface area contributed by atoms with Gasteiger partial charge in [-0.2, -0.15) is 0 Å². The molecular formula is C11H24N4O2. The van der Waals surface area contributed by atoms with Crippen molar-refractivity contribution in [1.82, 2.24) is 10.2 Å². The fraction of sp³-hybridized carbons (Fsp3) is 0.909. The van der Waals surface area contributed by atoms with Crippen LogP contribution in [0.25, 0.3) is 0 Å². The van der Waals surface area contributed by atoms with Crippen LogP contribution >= 0.6 is 0 Å². The lowest BCUT2D eigenvalue weighted by atomic mass is 10.2. The molecule has 1 rings (SSSR count). The van der Waals surface area contributed by atoms with Gasteiger partial charge in [0.1, 0.15) is 5.84 Å². The highest BCUT2D eigenvalue weighted by molar-refractivity contribution is 5.79. The molecule has 1 saturated heterocycles. The third kappa shape index (κ3) is 6.45. The molecule has 1 unspecified atom stereocenters. The minimum atomic E-state index is 0.304. The predicted octanol–water partition coefficient (Wildman–Crippen LogP) is -0.177. The van der Waals surface area contributed by atoms with Crippen molar-refractivity contribution in [2.45, 2.75) is 25.4 Å². The second kappa shape index (κ2) is 8.27. The van der Waals surface area contributed by atoms with Crippen LogP contribution in [0.2, 0.25) is 0 Å². The number of amidine groups is 1. The van der Waals surface area contributed by atoms with E-state index in [0.717, 1.165) is 45.6 Å². The molecule has 1 aliphatic rings. The van der Waals surface area contributed by atoms with Crippen molar-refractivity contribution >= 4 is 5.84 Å². The van der Waals surface area contributed by atoms with Crippen LogP contribution in [0.1, 0.15) is 19.3 Å². The fourth-order valence-corrected chi connectivity index (χ4v) is 1.86. The Kier molecular flexibility index (Phi) is 6.91. The van der Waals surface area contributed by atoms with E-state index in [4.69, 9.17) is 15.7 Å². The molecule has 0 bridgehead atoms. The quantitative estimate of drug-likeness (QED) is 0.190. The molecule has 4 N–H and O–H groups in total. The third-order valence-corrected chi connectivity index (χ3v) is 2.88. The number of nitrogens with zero attached hydrogens (tertiary/aromatic N) is 2. The van der Waals surface area contributed by atoms with E-state index in [0.29, 0.717) is 18.4 Å². The largest absolute Gasteiger partial charge is 0.409 e. The number of hydrogen-bond acceptors (Lipinski definition) is 5. The van der Waals surface area contributed by atoms with Crippen molar-refractivity contribution in [2.24, 2.45) is 10.9 Å². The number of rotatable bonds is 7. The van der Waals surface area contributed by atoms with E-state index >= 15 is 0 Å². The summed E-state index contributed by atoms with van der Waals surface area (Å²) >= 11 is 0. The van der Waals surface area contributed by atoms with Gasteiger partial charge in [-0.25, -0.2) is 0 Å². The van der Waals surface area contributed by atoms with Crippen LogP contribution in [0, 0.1) is 0 Å². The van der Waals surface area contributed by atoms with Crippen molar-refractivity contribution in [3.63, 3.8) is 0 Å². The Bertz CT molecular complexity index is 236. The summed E-state index contributed by atoms with van der Waals surface area (Å²) in [6.07, 6.45) is 2.92. The molecule has 0 aromatic carbocycles. The molecule has 0 spiro atoms. The molecule has 1 atom stereocenters. The van der Waals surface area contributed by atoms with Crippen molar-refractivity contribution in [1.29, 1.82) is 0 Å². The van der Waals surface area contributed by atoms with Crippen LogP contribution in [-0.2, 0) is 4.74 Å². The lowest BCUT2D eigenvalue weighted by molar-refractivity contribution is -0.0180. The molecule has 0 saturated carbocycles. The van der Waals surface area contributed by atoms with Crippen LogP contribution in [0.5, 0.6) is 0 Å². The van der Waals surface area contributed by atoms with Gasteiger partial charge in [-0.3, -0.25) is 0 Å². The van der Waals surface area contributed by atoms with Crippen LogP contribution in [0.15, 0.2) is 5.16 Å². The summed E-state index contributed by atoms with van der Waals surface area (Å²) in [4.78, 5) is 2.29. The Morgan fingerprint density at radius 3 is 3.12 bits per heavy atom. The summed E-state index contributed by atoms with van der Waals surface area (Å²) in [5, 5.41) is 14.7. The highest BCUT2D eigenvalue weighted by atomic mass is 16.5. The molecule has 1 aliphatic heterocycles. The molecule has 17 heavy (non-hydrogen) atoms. The maximum Gasteiger partial charge on any atom is 0.139 e. The molecule has 0 aromatic rings. The van der Waals surface area contributed by atoms with Crippen molar-refractivity contribution < 1.29 is 9.94 Å². The zero-order valence-corrected chi connectivity index (χ0v) is 10.6. The number of likely N-dealkylation sites (N-methyl/N-ethyl adjacent to an activating group) is 1. The Labute approximate surface area is 103 Å². The van der Waals surface area contributed by atoms with Crippen LogP contribution < -0.4 is 11.1 Å². The van der Waals surface area contributed by atoms with Gasteiger partial charge in [-0.15, -0.1) is 0 Å². The normalized spacial score (nSPS) is 22.9. The summed E-state index contributed by atoms with van der Waals surface area (Å²) in [5.74, 6) is 0.308. The van der Waals surface area contributed by atoms with Gasteiger partial charge in [0.2, 0.25) is 0 Å². The van der Waals surface area contributed by atoms with Gasteiger partial charge in [0.15, 0.2) is 0 Å². The van der Waals surface area contributed by atoms with Gasteiger partial charge < -0.3 is 25.9 Å². The monoisotopic (exact) mass is 244 g/mol. The van der Waals surface area contributed by atoms with Gasteiger partial charge in [-0.05, 0) is 26.4 Å². The van der Waals surface area contributed by atoms with Crippen molar-refractivity contribution in [2.75, 3.05) is 39.8 Å². The summed E-state index contributed by atoms with van der Waals surface area (Å²) in [6, 6.07) is 0. The predicted molar refractivity (Wildman–Crippen MR) is 67.4 cm³/mol. The van der Waals surface area contributed by atoms with E-state index in [1.54, 1.807) is 0 Å². The van der Waals surface area contributed by atoms with Crippen LogP contribution in [-0.4, -0.2) is 61.9 Å². The smallest absolute Gasteiger partial charge is 0.139 e. The fourth-order valence-electron chi connectivity index (χ4n) is 1.86. The molecular weight excluding hydrogens is 220 g/mol. The van der Waals surface area contributed by atoms with Crippen molar-refractivity contribution in [3.05, 3.63) is 0 Å². The highest BCUT2D eigenvalue weighted by Gasteiger charge is 2.16. The molecule has 0 radical (unpaired) electrons. The zero-order valence-electron chi connectivity index (χ0n) is 10.6. The van der Waals surface area contributed by atoms with E-state index in [9.17, 15) is 0 Å². The first kappa shape index (κ1) is 14.2. The number of nitrogens with one attached hydrogen (secondary N) is 1. The first-order chi connectivity index (χ1) is 8.22. The van der Waals surface area contributed by atoms with E-state index in [1.165, 1.54) is 0 Å². The van der Waals surface area contributed by atoms with E-state index < -0.39 is 0 Å². The summed E-state index contributed by atoms with van der Waals surface area (Å²) in [5.41, 5.74) is 5.37. The lowest BCUT2D eigenvalue weighted by Crippen LogP contribution is -2.44. The number of oxime groups is 1. The van der Waals surface area contributed by atoms with Gasteiger partial charge in [0, 0.05) is 26.1 Å². The van der Waals surface area contributed by atoms with E-state index in [1.807, 2.05) is 0 Å². The average molecular weight is 244 g/mol. The number of morpholine rings is 1. The summed E-state index contributed by atoms with van der Waals surface area (Å²) < 4.78 is 5.63. The molecule has 0 aromatic heterocycles. The molecule has 100 valence electrons. The van der Waals surface area contributed by atoms with Crippen LogP contribution in [0.3, 0.4) is 0 Å². The SMILES string of the molecule is CN1CCOC(CNCCCCC(N)=NO)C1. The van der Waals surface area contributed by atoms with E-state index in [2.05, 4.69) is 22.4 Å². The topological polar surface area (TPSA) is 83.1 Å². The number of ether oxygens (including phenoxy) is 1. The maximum absolute atomic E-state index is 8.36. The lowest BCUT2D eigenvalue weighted by Gasteiger charge is -2.30. The Hall–Kier alpha value is -0.850. The number of unbranched alkanes of at least 4 members (excludes halogenated alkanes) is 1. The van der Waals surface area contributed by atoms with E-state index in [-0.39, 0.29) is 0 Å². The van der Waals surface area contributed by atoms with Crippen molar-refractivity contribution in [3.8, 4) is 0 Å². The summed E-state index contributed by atoms with van der Waals surface area (Å²) in [7, 11) is 2.12. The molecule has 1 fully saturated rings. The third-order valence-electron chi connectivity index (χ3n) is 2.88. The second-order valence-electron chi connectivity index (χ2n) is 4.51. The molecule has 0 aliphatic carbocycles. The minimum Gasteiger partial charge on any atom is -0.409 e. The van der Waals surface area contributed by atoms with Gasteiger partial charge in [0.05, 0.1) is 12.7 Å². The standard InChI is InChI=1S/C11H24N4O2/c1-15-6-7-17-10(9-15)8-13-5-3-2-4-11(12)14-16/h10,13,16H,2-9H2,1H3,(H2,12,14). The Morgan fingerprint density at radius 1 is 1.59 bits per heavy atom. The number of nitrogens with two attached hydrogens (primary N) is 1. The Morgan fingerprint density at radius 2 is 2.41 bits per heavy atom. The zero-order chi connectivity index (χ0) is 12.5. The average Bonchev–Trinajstić information content (AvgIpc) is 2.33. The maximum atomic E-state index is 8.36. The second-order valence-corrected chi connectivity index (χ2v) is 4.51.